The van der Waals surface area contributed by atoms with Crippen molar-refractivity contribution in [1.82, 2.24) is 0 Å². The van der Waals surface area contributed by atoms with E-state index in [-0.39, 0.29) is 41.8 Å². The molecule has 0 aromatic carbocycles. The predicted octanol–water partition coefficient (Wildman–Crippen LogP) is 3.78. The van der Waals surface area contributed by atoms with Crippen LogP contribution in [0.4, 0.5) is 13.2 Å². The minimum Gasteiger partial charge on any atom is -0.393 e. The Bertz CT molecular complexity index is 672. The monoisotopic (exact) mass is 372 g/mol. The Kier molecular flexibility index (Phi) is 3.80. The molecule has 4 rings (SSSR count). The van der Waals surface area contributed by atoms with Gasteiger partial charge < -0.3 is 10.2 Å². The number of alkyl halides is 3. The van der Waals surface area contributed by atoms with E-state index in [1.165, 1.54) is 6.92 Å². The molecular weight excluding hydrogens is 345 g/mol. The molecule has 6 heteroatoms. The van der Waals surface area contributed by atoms with Crippen LogP contribution in [-0.2, 0) is 4.79 Å². The summed E-state index contributed by atoms with van der Waals surface area (Å²) in [7, 11) is 0. The topological polar surface area (TPSA) is 57.5 Å². The molecule has 0 saturated heterocycles. The van der Waals surface area contributed by atoms with Crippen molar-refractivity contribution in [3.63, 3.8) is 0 Å². The van der Waals surface area contributed by atoms with Crippen LogP contribution in [0.25, 0.3) is 0 Å². The molecule has 0 aromatic heterocycles. The van der Waals surface area contributed by atoms with Crippen LogP contribution in [0.15, 0.2) is 11.6 Å². The molecule has 7 atom stereocenters. The van der Waals surface area contributed by atoms with Crippen molar-refractivity contribution in [2.45, 2.75) is 76.7 Å². The smallest absolute Gasteiger partial charge is 0.393 e. The van der Waals surface area contributed by atoms with Gasteiger partial charge in [-0.25, -0.2) is 0 Å². The summed E-state index contributed by atoms with van der Waals surface area (Å²) in [6.45, 7) is 3.59. The van der Waals surface area contributed by atoms with Gasteiger partial charge in [0.05, 0.1) is 6.10 Å². The summed E-state index contributed by atoms with van der Waals surface area (Å²) in [5, 5.41) is 21.6. The van der Waals surface area contributed by atoms with Gasteiger partial charge >= 0.3 is 6.18 Å². The molecule has 2 N–H and O–H groups in total. The van der Waals surface area contributed by atoms with Crippen LogP contribution in [0.5, 0.6) is 0 Å². The maximum atomic E-state index is 13.7. The number of ketones is 1. The SMILES string of the molecule is C[C@]12CCC(=O)C=C1CC[C@@H]1[C@@H]2[C@@H](O)C[C@@]2(C)[C@H]1CC[C@@]2(O)C(F)(F)F. The Labute approximate surface area is 151 Å². The van der Waals surface area contributed by atoms with E-state index < -0.39 is 23.3 Å². The minimum absolute atomic E-state index is 0.0361. The molecule has 0 heterocycles. The van der Waals surface area contributed by atoms with E-state index in [0.717, 1.165) is 5.57 Å². The highest BCUT2D eigenvalue weighted by Crippen LogP contribution is 2.69. The molecule has 26 heavy (non-hydrogen) atoms. The van der Waals surface area contributed by atoms with Crippen LogP contribution in [-0.4, -0.2) is 33.9 Å². The number of hydrogen-bond donors (Lipinski definition) is 2. The molecule has 0 aliphatic heterocycles. The lowest BCUT2D eigenvalue weighted by Gasteiger charge is -2.60. The third-order valence-electron chi connectivity index (χ3n) is 8.52. The molecule has 0 spiro atoms. The van der Waals surface area contributed by atoms with Crippen molar-refractivity contribution >= 4 is 5.78 Å². The molecule has 0 amide bonds. The molecule has 3 fully saturated rings. The van der Waals surface area contributed by atoms with Crippen LogP contribution in [0.3, 0.4) is 0 Å². The lowest BCUT2D eigenvalue weighted by Crippen LogP contribution is -2.63. The van der Waals surface area contributed by atoms with E-state index in [2.05, 4.69) is 6.92 Å². The maximum Gasteiger partial charge on any atom is 0.417 e. The maximum absolute atomic E-state index is 13.7. The number of aliphatic hydroxyl groups excluding tert-OH is 1. The zero-order valence-corrected chi connectivity index (χ0v) is 15.3. The molecule has 0 bridgehead atoms. The second-order valence-corrected chi connectivity index (χ2v) is 9.47. The highest BCUT2D eigenvalue weighted by atomic mass is 19.4. The van der Waals surface area contributed by atoms with E-state index in [1.54, 1.807) is 6.08 Å². The number of hydrogen-bond acceptors (Lipinski definition) is 3. The van der Waals surface area contributed by atoms with Gasteiger partial charge in [0.1, 0.15) is 0 Å². The van der Waals surface area contributed by atoms with Gasteiger partial charge in [-0.3, -0.25) is 4.79 Å². The fourth-order valence-electron chi connectivity index (χ4n) is 7.16. The quantitative estimate of drug-likeness (QED) is 0.680. The average Bonchev–Trinajstić information content (AvgIpc) is 2.80. The summed E-state index contributed by atoms with van der Waals surface area (Å²) >= 11 is 0. The van der Waals surface area contributed by atoms with E-state index in [4.69, 9.17) is 0 Å². The third kappa shape index (κ3) is 2.12. The molecule has 3 nitrogen and oxygen atoms in total. The van der Waals surface area contributed by atoms with Crippen LogP contribution in [0.2, 0.25) is 0 Å². The van der Waals surface area contributed by atoms with Crippen molar-refractivity contribution in [2.24, 2.45) is 28.6 Å². The molecule has 4 aliphatic carbocycles. The Morgan fingerprint density at radius 2 is 1.85 bits per heavy atom. The van der Waals surface area contributed by atoms with Crippen LogP contribution in [0, 0.1) is 28.6 Å². The van der Waals surface area contributed by atoms with Gasteiger partial charge in [-0.15, -0.1) is 0 Å². The summed E-state index contributed by atoms with van der Waals surface area (Å²) < 4.78 is 41.2. The van der Waals surface area contributed by atoms with E-state index >= 15 is 0 Å². The first-order valence-electron chi connectivity index (χ1n) is 9.65. The molecule has 0 unspecified atom stereocenters. The van der Waals surface area contributed by atoms with Gasteiger partial charge in [-0.05, 0) is 67.8 Å². The Morgan fingerprint density at radius 3 is 2.50 bits per heavy atom. The van der Waals surface area contributed by atoms with Crippen molar-refractivity contribution in [2.75, 3.05) is 0 Å². The molecule has 3 saturated carbocycles. The second-order valence-electron chi connectivity index (χ2n) is 9.47. The summed E-state index contributed by atoms with van der Waals surface area (Å²) in [6.07, 6.45) is -1.38. The number of fused-ring (bicyclic) bond motifs is 5. The average molecular weight is 372 g/mol. The second kappa shape index (κ2) is 5.34. The minimum atomic E-state index is -4.69. The van der Waals surface area contributed by atoms with Crippen LogP contribution < -0.4 is 0 Å². The number of halogens is 3. The summed E-state index contributed by atoms with van der Waals surface area (Å²) in [5.74, 6) is -0.323. The highest BCUT2D eigenvalue weighted by Gasteiger charge is 2.73. The fraction of sp³-hybridized carbons (Fsp3) is 0.850. The van der Waals surface area contributed by atoms with Crippen LogP contribution in [0.1, 0.15) is 58.8 Å². The lowest BCUT2D eigenvalue weighted by atomic mass is 9.45. The predicted molar refractivity (Wildman–Crippen MR) is 89.1 cm³/mol. The molecular formula is C20H27F3O3. The number of carbonyl (C=O) groups is 1. The van der Waals surface area contributed by atoms with Gasteiger partial charge in [0.2, 0.25) is 0 Å². The van der Waals surface area contributed by atoms with Crippen molar-refractivity contribution < 1.29 is 28.2 Å². The van der Waals surface area contributed by atoms with Gasteiger partial charge in [0, 0.05) is 11.8 Å². The fourth-order valence-corrected chi connectivity index (χ4v) is 7.16. The van der Waals surface area contributed by atoms with Gasteiger partial charge in [-0.2, -0.15) is 13.2 Å². The first-order valence-corrected chi connectivity index (χ1v) is 9.65. The van der Waals surface area contributed by atoms with Gasteiger partial charge in [0.25, 0.3) is 0 Å². The van der Waals surface area contributed by atoms with Gasteiger partial charge in [0.15, 0.2) is 11.4 Å². The number of allylic oxidation sites excluding steroid dienone is 1. The van der Waals surface area contributed by atoms with E-state index in [0.29, 0.717) is 32.1 Å². The Morgan fingerprint density at radius 1 is 1.15 bits per heavy atom. The van der Waals surface area contributed by atoms with E-state index in [1.807, 2.05) is 0 Å². The number of rotatable bonds is 0. The number of aliphatic hydroxyl groups is 2. The molecule has 4 aliphatic rings. The zero-order valence-electron chi connectivity index (χ0n) is 15.3. The Balaban J connectivity index is 1.75. The standard InChI is InChI=1S/C20H27F3O3/c1-17-7-5-12(24)9-11(17)3-4-13-14-6-8-19(26,20(21,22)23)18(14,2)10-15(25)16(13)17/h9,13-16,25-26H,3-8,10H2,1-2H3/t13-,14-,15-,16+,17-,18-,19-/m0/s1. The summed E-state index contributed by atoms with van der Waals surface area (Å²) in [6, 6.07) is 0. The molecule has 146 valence electrons. The Hall–Kier alpha value is -0.880. The van der Waals surface area contributed by atoms with Crippen LogP contribution >= 0.6 is 0 Å². The third-order valence-corrected chi connectivity index (χ3v) is 8.52. The zero-order chi connectivity index (χ0) is 19.1. The first-order chi connectivity index (χ1) is 11.9. The summed E-state index contributed by atoms with van der Waals surface area (Å²) in [5.41, 5.74) is -3.35. The first kappa shape index (κ1) is 18.5. The van der Waals surface area contributed by atoms with Crippen molar-refractivity contribution in [3.05, 3.63) is 11.6 Å². The van der Waals surface area contributed by atoms with Crippen molar-refractivity contribution in [3.8, 4) is 0 Å². The van der Waals surface area contributed by atoms with Crippen molar-refractivity contribution in [1.29, 1.82) is 0 Å². The highest BCUT2D eigenvalue weighted by molar-refractivity contribution is 5.91. The van der Waals surface area contributed by atoms with E-state index in [9.17, 15) is 28.2 Å². The summed E-state index contributed by atoms with van der Waals surface area (Å²) in [4.78, 5) is 11.8. The van der Waals surface area contributed by atoms with Gasteiger partial charge in [-0.1, -0.05) is 19.4 Å². The molecule has 0 radical (unpaired) electrons. The molecule has 0 aromatic rings. The number of carbonyl (C=O) groups excluding carboxylic acids is 1. The largest absolute Gasteiger partial charge is 0.417 e. The normalized spacial score (nSPS) is 51.3. The lowest BCUT2D eigenvalue weighted by molar-refractivity contribution is -0.308.